The first-order valence-corrected chi connectivity index (χ1v) is 15.7. The number of hydrogen-bond acceptors (Lipinski definition) is 7. The van der Waals surface area contributed by atoms with Crippen LogP contribution in [0.3, 0.4) is 0 Å². The fourth-order valence-electron chi connectivity index (χ4n) is 4.72. The molecule has 0 bridgehead atoms. The van der Waals surface area contributed by atoms with Crippen molar-refractivity contribution < 1.29 is 23.1 Å². The van der Waals surface area contributed by atoms with Gasteiger partial charge in [-0.1, -0.05) is 48.0 Å². The van der Waals surface area contributed by atoms with Crippen molar-refractivity contribution >= 4 is 60.8 Å². The number of aromatic nitrogens is 1. The van der Waals surface area contributed by atoms with Crippen LogP contribution in [0.4, 0.5) is 0 Å². The Morgan fingerprint density at radius 3 is 2.62 bits per heavy atom. The van der Waals surface area contributed by atoms with E-state index in [9.17, 15) is 23.1 Å². The summed E-state index contributed by atoms with van der Waals surface area (Å²) in [4.78, 5) is 32.7. The predicted octanol–water partition coefficient (Wildman–Crippen LogP) is 3.94. The minimum absolute atomic E-state index is 0.00575. The number of halogens is 1. The van der Waals surface area contributed by atoms with Gasteiger partial charge in [-0.25, -0.2) is 13.2 Å². The molecule has 1 amide bonds. The van der Waals surface area contributed by atoms with Gasteiger partial charge in [-0.15, -0.1) is 11.3 Å². The maximum Gasteiger partial charge on any atom is 0.327 e. The van der Waals surface area contributed by atoms with E-state index in [2.05, 4.69) is 4.98 Å². The molecule has 0 saturated carbocycles. The number of carbonyl (C=O) groups excluding carboxylic acids is 1. The standard InChI is InChI=1S/C29H28ClN5O5S2/c1-33(13-11-23-4-2-3-12-32-23)28(31)20-7-5-19(6-8-20)16-35-24(29(37)38)17-34(18-26(35)36)42(39,40)27-14-21-9-10-22(30)15-25(21)41-27/h2-10,12,14-15,24,31H,11,13,16-18H2,1H3,(H,37,38)/t24-/m1/s1. The average Bonchev–Trinajstić information content (AvgIpc) is 3.41. The first-order valence-electron chi connectivity index (χ1n) is 13.0. The van der Waals surface area contributed by atoms with Gasteiger partial charge in [0.15, 0.2) is 0 Å². The molecule has 13 heteroatoms. The minimum Gasteiger partial charge on any atom is -0.480 e. The van der Waals surface area contributed by atoms with E-state index in [-0.39, 0.29) is 17.3 Å². The Morgan fingerprint density at radius 2 is 1.93 bits per heavy atom. The molecule has 2 aromatic carbocycles. The van der Waals surface area contributed by atoms with E-state index in [0.717, 1.165) is 21.3 Å². The third-order valence-corrected chi connectivity index (χ3v) is 10.7. The fraction of sp³-hybridized carbons (Fsp3) is 0.241. The van der Waals surface area contributed by atoms with Gasteiger partial charge in [-0.3, -0.25) is 15.2 Å². The highest BCUT2D eigenvalue weighted by atomic mass is 35.5. The van der Waals surface area contributed by atoms with Crippen molar-refractivity contribution in [1.29, 1.82) is 5.41 Å². The van der Waals surface area contributed by atoms with E-state index >= 15 is 0 Å². The van der Waals surface area contributed by atoms with Gasteiger partial charge in [-0.05, 0) is 41.3 Å². The molecule has 10 nitrogen and oxygen atoms in total. The number of nitrogens with one attached hydrogen (secondary N) is 1. The number of carboxylic acid groups (broad SMARTS) is 1. The Morgan fingerprint density at radius 1 is 1.17 bits per heavy atom. The van der Waals surface area contributed by atoms with Crippen molar-refractivity contribution in [1.82, 2.24) is 19.1 Å². The van der Waals surface area contributed by atoms with Gasteiger partial charge >= 0.3 is 5.97 Å². The molecule has 1 aliphatic heterocycles. The lowest BCUT2D eigenvalue weighted by Crippen LogP contribution is -2.59. The van der Waals surface area contributed by atoms with Crippen molar-refractivity contribution in [3.63, 3.8) is 0 Å². The van der Waals surface area contributed by atoms with E-state index in [1.807, 2.05) is 30.1 Å². The van der Waals surface area contributed by atoms with Crippen LogP contribution in [0.5, 0.6) is 0 Å². The van der Waals surface area contributed by atoms with Crippen LogP contribution >= 0.6 is 22.9 Å². The average molecular weight is 626 g/mol. The Bertz CT molecular complexity index is 1750. The van der Waals surface area contributed by atoms with Crippen molar-refractivity contribution in [2.45, 2.75) is 23.2 Å². The lowest BCUT2D eigenvalue weighted by molar-refractivity contribution is -0.154. The summed E-state index contributed by atoms with van der Waals surface area (Å²) in [5.74, 6) is -1.58. The summed E-state index contributed by atoms with van der Waals surface area (Å²) >= 11 is 7.06. The first kappa shape index (κ1) is 29.6. The second-order valence-corrected chi connectivity index (χ2v) is 13.6. The molecule has 5 rings (SSSR count). The number of piperazine rings is 1. The maximum absolute atomic E-state index is 13.4. The topological polar surface area (TPSA) is 135 Å². The molecule has 1 fully saturated rings. The van der Waals surface area contributed by atoms with E-state index in [1.54, 1.807) is 48.7 Å². The molecule has 218 valence electrons. The highest BCUT2D eigenvalue weighted by molar-refractivity contribution is 7.91. The number of benzene rings is 2. The van der Waals surface area contributed by atoms with Crippen LogP contribution in [0.2, 0.25) is 5.02 Å². The number of fused-ring (bicyclic) bond motifs is 1. The molecule has 0 radical (unpaired) electrons. The molecule has 0 unspecified atom stereocenters. The number of carboxylic acids is 1. The van der Waals surface area contributed by atoms with Gasteiger partial charge < -0.3 is 14.9 Å². The number of rotatable bonds is 9. The molecule has 1 saturated heterocycles. The Kier molecular flexibility index (Phi) is 8.60. The van der Waals surface area contributed by atoms with Gasteiger partial charge in [-0.2, -0.15) is 4.31 Å². The predicted molar refractivity (Wildman–Crippen MR) is 161 cm³/mol. The highest BCUT2D eigenvalue weighted by Crippen LogP contribution is 2.33. The van der Waals surface area contributed by atoms with Crippen LogP contribution in [0.1, 0.15) is 16.8 Å². The summed E-state index contributed by atoms with van der Waals surface area (Å²) < 4.78 is 28.5. The van der Waals surface area contributed by atoms with Crippen molar-refractivity contribution in [2.24, 2.45) is 0 Å². The molecule has 2 aromatic heterocycles. The molecule has 4 aromatic rings. The first-order chi connectivity index (χ1) is 20.0. The zero-order chi connectivity index (χ0) is 30.0. The van der Waals surface area contributed by atoms with Crippen molar-refractivity contribution in [3.05, 3.63) is 94.8 Å². The monoisotopic (exact) mass is 625 g/mol. The third-order valence-electron chi connectivity index (χ3n) is 7.11. The Balaban J connectivity index is 1.26. The van der Waals surface area contributed by atoms with E-state index in [0.29, 0.717) is 45.0 Å². The van der Waals surface area contributed by atoms with Crippen LogP contribution in [0.25, 0.3) is 10.1 Å². The number of nitrogens with zero attached hydrogens (tertiary/aromatic N) is 4. The molecule has 1 atom stereocenters. The van der Waals surface area contributed by atoms with Crippen LogP contribution in [0.15, 0.2) is 77.1 Å². The van der Waals surface area contributed by atoms with E-state index < -0.39 is 34.5 Å². The summed E-state index contributed by atoms with van der Waals surface area (Å²) in [7, 11) is -2.28. The van der Waals surface area contributed by atoms with Gasteiger partial charge in [0.05, 0.1) is 6.54 Å². The molecule has 0 spiro atoms. The number of sulfonamides is 1. The number of aliphatic carboxylic acids is 1. The molecule has 0 aliphatic carbocycles. The van der Waals surface area contributed by atoms with Crippen molar-refractivity contribution in [2.75, 3.05) is 26.7 Å². The molecule has 42 heavy (non-hydrogen) atoms. The van der Waals surface area contributed by atoms with Crippen molar-refractivity contribution in [3.8, 4) is 0 Å². The zero-order valence-electron chi connectivity index (χ0n) is 22.6. The quantitative estimate of drug-likeness (QED) is 0.212. The molecule has 1 aliphatic rings. The van der Waals surface area contributed by atoms with Gasteiger partial charge in [0.1, 0.15) is 16.1 Å². The van der Waals surface area contributed by atoms with E-state index in [1.165, 1.54) is 11.0 Å². The normalized spacial score (nSPS) is 16.1. The number of amidine groups is 1. The largest absolute Gasteiger partial charge is 0.480 e. The minimum atomic E-state index is -4.11. The molecular formula is C29H28ClN5O5S2. The summed E-state index contributed by atoms with van der Waals surface area (Å²) in [5.41, 5.74) is 2.27. The van der Waals surface area contributed by atoms with Crippen LogP contribution in [-0.2, 0) is 32.6 Å². The lowest BCUT2D eigenvalue weighted by Gasteiger charge is -2.38. The summed E-state index contributed by atoms with van der Waals surface area (Å²) in [6.07, 6.45) is 2.43. The van der Waals surface area contributed by atoms with Gasteiger partial charge in [0.25, 0.3) is 10.0 Å². The Labute approximate surface area is 252 Å². The van der Waals surface area contributed by atoms with Gasteiger partial charge in [0.2, 0.25) is 5.91 Å². The lowest BCUT2D eigenvalue weighted by atomic mass is 10.1. The zero-order valence-corrected chi connectivity index (χ0v) is 25.0. The number of amides is 1. The summed E-state index contributed by atoms with van der Waals surface area (Å²) in [6.45, 7) is -0.240. The van der Waals surface area contributed by atoms with E-state index in [4.69, 9.17) is 17.0 Å². The molecule has 3 heterocycles. The van der Waals surface area contributed by atoms with Gasteiger partial charge in [0, 0.05) is 60.3 Å². The number of likely N-dealkylation sites (N-methyl/N-ethyl adjacent to an activating group) is 1. The van der Waals surface area contributed by atoms with Crippen LogP contribution in [0, 0.1) is 5.41 Å². The second kappa shape index (κ2) is 12.2. The van der Waals surface area contributed by atoms with Crippen LogP contribution in [-0.4, -0.2) is 83.0 Å². The van der Waals surface area contributed by atoms with Crippen LogP contribution < -0.4 is 0 Å². The summed E-state index contributed by atoms with van der Waals surface area (Å²) in [5, 5.41) is 19.7. The number of pyridine rings is 1. The third kappa shape index (κ3) is 6.31. The highest BCUT2D eigenvalue weighted by Gasteiger charge is 2.42. The second-order valence-electron chi connectivity index (χ2n) is 9.96. The number of carbonyl (C=O) groups is 2. The molecule has 2 N–H and O–H groups in total. The SMILES string of the molecule is CN(CCc1ccccn1)C(=N)c1ccc(CN2C(=O)CN(S(=O)(=O)c3cc4ccc(Cl)cc4s3)C[C@@H]2C(=O)O)cc1. The number of hydrogen-bond donors (Lipinski definition) is 2. The number of thiophene rings is 1. The fourth-order valence-corrected chi connectivity index (χ4v) is 7.95. The smallest absolute Gasteiger partial charge is 0.327 e. The Hall–Kier alpha value is -3.84. The maximum atomic E-state index is 13.4. The molecular weight excluding hydrogens is 598 g/mol. The summed E-state index contributed by atoms with van der Waals surface area (Å²) in [6, 6.07) is 17.9.